The number of carbonyl (C=O) groups is 1. The number of aryl methyl sites for hydroxylation is 1. The fourth-order valence-electron chi connectivity index (χ4n) is 2.96. The normalized spacial score (nSPS) is 11.8. The van der Waals surface area contributed by atoms with Gasteiger partial charge in [-0.2, -0.15) is 0 Å². The van der Waals surface area contributed by atoms with Gasteiger partial charge >= 0.3 is 0 Å². The second kappa shape index (κ2) is 9.09. The number of carbonyl (C=O) groups excluding carboxylic acids is 1. The molecular weight excluding hydrogens is 412 g/mol. The highest BCUT2D eigenvalue weighted by Gasteiger charge is 2.20. The molecule has 0 saturated carbocycles. The minimum atomic E-state index is -0.360. The molecule has 1 unspecified atom stereocenters. The van der Waals surface area contributed by atoms with E-state index in [9.17, 15) is 4.79 Å². The van der Waals surface area contributed by atoms with E-state index in [2.05, 4.69) is 15.5 Å². The van der Waals surface area contributed by atoms with E-state index in [4.69, 9.17) is 9.15 Å². The van der Waals surface area contributed by atoms with E-state index >= 15 is 0 Å². The monoisotopic (exact) mass is 434 g/mol. The largest absolute Gasteiger partial charge is 0.469 e. The van der Waals surface area contributed by atoms with Crippen LogP contribution in [0.4, 0.5) is 5.69 Å². The van der Waals surface area contributed by atoms with E-state index in [1.165, 1.54) is 11.8 Å². The van der Waals surface area contributed by atoms with Crippen LogP contribution in [0.25, 0.3) is 11.4 Å². The lowest BCUT2D eigenvalue weighted by Gasteiger charge is -2.12. The quantitative estimate of drug-likeness (QED) is 0.398. The average molecular weight is 435 g/mol. The van der Waals surface area contributed by atoms with Crippen molar-refractivity contribution in [3.63, 3.8) is 0 Å². The number of ether oxygens (including phenoxy) is 1. The van der Waals surface area contributed by atoms with Gasteiger partial charge in [0.25, 0.3) is 0 Å². The zero-order valence-corrected chi connectivity index (χ0v) is 18.2. The number of nitrogens with zero attached hydrogens (tertiary/aromatic N) is 3. The van der Waals surface area contributed by atoms with Gasteiger partial charge in [0, 0.05) is 12.7 Å². The zero-order valence-electron chi connectivity index (χ0n) is 17.4. The summed E-state index contributed by atoms with van der Waals surface area (Å²) in [7, 11) is 1.88. The Balaban J connectivity index is 1.37. The Morgan fingerprint density at radius 2 is 1.77 bits per heavy atom. The van der Waals surface area contributed by atoms with Gasteiger partial charge in [0.2, 0.25) is 5.91 Å². The third kappa shape index (κ3) is 4.80. The molecule has 0 aliphatic rings. The van der Waals surface area contributed by atoms with Crippen LogP contribution in [0.1, 0.15) is 12.7 Å². The van der Waals surface area contributed by atoms with Crippen molar-refractivity contribution in [3.8, 4) is 22.9 Å². The fraction of sp³-hybridized carbons (Fsp3) is 0.174. The molecule has 4 aromatic rings. The first-order valence-electron chi connectivity index (χ1n) is 9.75. The van der Waals surface area contributed by atoms with E-state index in [-0.39, 0.29) is 11.2 Å². The van der Waals surface area contributed by atoms with Gasteiger partial charge in [0.15, 0.2) is 11.0 Å². The molecule has 8 heteroatoms. The Bertz CT molecular complexity index is 1170. The van der Waals surface area contributed by atoms with Gasteiger partial charge in [-0.3, -0.25) is 4.79 Å². The molecule has 2 aromatic carbocycles. The van der Waals surface area contributed by atoms with Gasteiger partial charge in [-0.05, 0) is 56.3 Å². The van der Waals surface area contributed by atoms with Crippen molar-refractivity contribution < 1.29 is 13.9 Å². The van der Waals surface area contributed by atoms with E-state index in [0.717, 1.165) is 17.1 Å². The number of para-hydroxylation sites is 1. The van der Waals surface area contributed by atoms with Crippen molar-refractivity contribution in [2.24, 2.45) is 7.05 Å². The highest BCUT2D eigenvalue weighted by Crippen LogP contribution is 2.28. The molecule has 0 fully saturated rings. The number of furan rings is 1. The maximum atomic E-state index is 12.7. The standard InChI is InChI=1S/C23H22N4O3S/c1-15-20(13-14-29-15)21-25-26-23(27(21)3)31-16(2)22(28)24-17-9-11-19(12-10-17)30-18-7-5-4-6-8-18/h4-14,16H,1-3H3,(H,24,28). The maximum absolute atomic E-state index is 12.7. The first kappa shape index (κ1) is 20.7. The van der Waals surface area contributed by atoms with Crippen LogP contribution in [0, 0.1) is 6.92 Å². The van der Waals surface area contributed by atoms with Gasteiger partial charge in [-0.1, -0.05) is 30.0 Å². The zero-order chi connectivity index (χ0) is 21.8. The SMILES string of the molecule is Cc1occc1-c1nnc(SC(C)C(=O)Nc2ccc(Oc3ccccc3)cc2)n1C. The van der Waals surface area contributed by atoms with Crippen molar-refractivity contribution >= 4 is 23.4 Å². The molecule has 2 heterocycles. The topological polar surface area (TPSA) is 82.2 Å². The molecule has 31 heavy (non-hydrogen) atoms. The predicted octanol–water partition coefficient (Wildman–Crippen LogP) is 5.30. The third-order valence-electron chi connectivity index (χ3n) is 4.69. The van der Waals surface area contributed by atoms with Crippen molar-refractivity contribution in [1.82, 2.24) is 14.8 Å². The van der Waals surface area contributed by atoms with E-state index in [1.807, 2.05) is 86.1 Å². The summed E-state index contributed by atoms with van der Waals surface area (Å²) in [6, 6.07) is 18.7. The number of hydrogen-bond donors (Lipinski definition) is 1. The van der Waals surface area contributed by atoms with E-state index in [0.29, 0.717) is 22.4 Å². The summed E-state index contributed by atoms with van der Waals surface area (Å²) < 4.78 is 13.0. The van der Waals surface area contributed by atoms with Crippen LogP contribution < -0.4 is 10.1 Å². The second-order valence-corrected chi connectivity index (χ2v) is 8.25. The van der Waals surface area contributed by atoms with Crippen LogP contribution in [-0.2, 0) is 11.8 Å². The number of aromatic nitrogens is 3. The Labute approximate surface area is 184 Å². The number of anilines is 1. The van der Waals surface area contributed by atoms with Crippen LogP contribution in [0.15, 0.2) is 76.5 Å². The molecule has 1 atom stereocenters. The Morgan fingerprint density at radius 1 is 1.06 bits per heavy atom. The van der Waals surface area contributed by atoms with Crippen LogP contribution >= 0.6 is 11.8 Å². The summed E-state index contributed by atoms with van der Waals surface area (Å²) in [6.07, 6.45) is 1.62. The number of nitrogens with one attached hydrogen (secondary N) is 1. The van der Waals surface area contributed by atoms with Gasteiger partial charge in [0.1, 0.15) is 17.3 Å². The lowest BCUT2D eigenvalue weighted by atomic mass is 10.2. The van der Waals surface area contributed by atoms with Gasteiger partial charge in [-0.15, -0.1) is 10.2 Å². The highest BCUT2D eigenvalue weighted by atomic mass is 32.2. The molecule has 4 rings (SSSR count). The van der Waals surface area contributed by atoms with Crippen molar-refractivity contribution in [2.45, 2.75) is 24.3 Å². The Morgan fingerprint density at radius 3 is 2.45 bits per heavy atom. The van der Waals surface area contributed by atoms with Crippen LogP contribution in [-0.4, -0.2) is 25.9 Å². The van der Waals surface area contributed by atoms with Crippen LogP contribution in [0.2, 0.25) is 0 Å². The Kier molecular flexibility index (Phi) is 6.08. The number of benzene rings is 2. The summed E-state index contributed by atoms with van der Waals surface area (Å²) >= 11 is 1.35. The molecule has 7 nitrogen and oxygen atoms in total. The molecule has 0 bridgehead atoms. The van der Waals surface area contributed by atoms with E-state index < -0.39 is 0 Å². The minimum Gasteiger partial charge on any atom is -0.469 e. The first-order chi connectivity index (χ1) is 15.0. The molecule has 0 spiro atoms. The second-order valence-electron chi connectivity index (χ2n) is 6.94. The summed E-state index contributed by atoms with van der Waals surface area (Å²) in [5, 5.41) is 11.7. The summed E-state index contributed by atoms with van der Waals surface area (Å²) in [6.45, 7) is 3.72. The highest BCUT2D eigenvalue weighted by molar-refractivity contribution is 8.00. The molecule has 0 aliphatic heterocycles. The molecule has 0 aliphatic carbocycles. The molecule has 158 valence electrons. The molecule has 1 amide bonds. The summed E-state index contributed by atoms with van der Waals surface area (Å²) in [5.41, 5.74) is 1.59. The molecule has 2 aromatic heterocycles. The number of amides is 1. The lowest BCUT2D eigenvalue weighted by Crippen LogP contribution is -2.22. The Hall–Kier alpha value is -3.52. The fourth-order valence-corrected chi connectivity index (χ4v) is 3.77. The number of rotatable bonds is 7. The van der Waals surface area contributed by atoms with Crippen molar-refractivity contribution in [1.29, 1.82) is 0 Å². The van der Waals surface area contributed by atoms with Crippen molar-refractivity contribution in [3.05, 3.63) is 72.7 Å². The summed E-state index contributed by atoms with van der Waals surface area (Å²) in [5.74, 6) is 2.82. The molecule has 0 radical (unpaired) electrons. The van der Waals surface area contributed by atoms with Crippen molar-refractivity contribution in [2.75, 3.05) is 5.32 Å². The average Bonchev–Trinajstić information content (AvgIpc) is 3.35. The lowest BCUT2D eigenvalue weighted by molar-refractivity contribution is -0.115. The minimum absolute atomic E-state index is 0.120. The number of thioether (sulfide) groups is 1. The smallest absolute Gasteiger partial charge is 0.237 e. The van der Waals surface area contributed by atoms with Gasteiger partial charge in [0.05, 0.1) is 17.1 Å². The molecule has 0 saturated heterocycles. The van der Waals surface area contributed by atoms with Gasteiger partial charge in [-0.25, -0.2) is 0 Å². The molecular formula is C23H22N4O3S. The first-order valence-corrected chi connectivity index (χ1v) is 10.6. The maximum Gasteiger partial charge on any atom is 0.237 e. The van der Waals surface area contributed by atoms with Gasteiger partial charge < -0.3 is 19.0 Å². The van der Waals surface area contributed by atoms with E-state index in [1.54, 1.807) is 6.26 Å². The summed E-state index contributed by atoms with van der Waals surface area (Å²) in [4.78, 5) is 12.7. The van der Waals surface area contributed by atoms with Crippen LogP contribution in [0.3, 0.4) is 0 Å². The number of hydrogen-bond acceptors (Lipinski definition) is 6. The van der Waals surface area contributed by atoms with Crippen LogP contribution in [0.5, 0.6) is 11.5 Å². The third-order valence-corrected chi connectivity index (χ3v) is 5.82. The molecule has 1 N–H and O–H groups in total. The predicted molar refractivity (Wildman–Crippen MR) is 120 cm³/mol.